The molecule has 7 nitrogen and oxygen atoms in total. The molecule has 2 aliphatic rings. The fourth-order valence-electron chi connectivity index (χ4n) is 4.08. The molecule has 148 valence electrons. The minimum atomic E-state index is -0.279. The maximum absolute atomic E-state index is 6.10. The summed E-state index contributed by atoms with van der Waals surface area (Å²) in [6.45, 7) is 4.60. The number of fused-ring (bicyclic) bond motifs is 2. The Morgan fingerprint density at radius 3 is 3.07 bits per heavy atom. The van der Waals surface area contributed by atoms with E-state index in [-0.39, 0.29) is 11.9 Å². The molecule has 1 atom stereocenters. The molecule has 2 N–H and O–H groups in total. The van der Waals surface area contributed by atoms with E-state index < -0.39 is 0 Å². The first-order chi connectivity index (χ1) is 14.1. The van der Waals surface area contributed by atoms with Crippen LogP contribution in [0.1, 0.15) is 28.4 Å². The summed E-state index contributed by atoms with van der Waals surface area (Å²) < 4.78 is 11.7. The largest absolute Gasteiger partial charge is 0.487 e. The zero-order valence-corrected chi connectivity index (χ0v) is 16.6. The van der Waals surface area contributed by atoms with E-state index in [1.807, 2.05) is 6.07 Å². The number of hydrogen-bond acceptors (Lipinski definition) is 7. The van der Waals surface area contributed by atoms with Crippen LogP contribution in [0.5, 0.6) is 11.6 Å². The highest BCUT2D eigenvalue weighted by atomic mass is 16.5. The van der Waals surface area contributed by atoms with Crippen LogP contribution >= 0.6 is 0 Å². The van der Waals surface area contributed by atoms with Crippen molar-refractivity contribution in [2.24, 2.45) is 0 Å². The zero-order chi connectivity index (χ0) is 20.0. The third kappa shape index (κ3) is 3.27. The molecule has 5 rings (SSSR count). The van der Waals surface area contributed by atoms with Gasteiger partial charge in [0.15, 0.2) is 11.9 Å². The molecule has 0 saturated carbocycles. The lowest BCUT2D eigenvalue weighted by Crippen LogP contribution is -2.27. The SMILES string of the molecule is Cc1cc(-c2cnc(N)c(OC3COc4cnccc43)n2)cc2c1CCN(C)C2. The fraction of sp³-hybridized carbons (Fsp3) is 0.318. The molecule has 1 aromatic carbocycles. The second-order valence-corrected chi connectivity index (χ2v) is 7.70. The molecule has 29 heavy (non-hydrogen) atoms. The number of ether oxygens (including phenoxy) is 2. The number of pyridine rings is 1. The van der Waals surface area contributed by atoms with Gasteiger partial charge in [-0.1, -0.05) is 0 Å². The molecule has 0 bridgehead atoms. The molecule has 3 aromatic rings. The summed E-state index contributed by atoms with van der Waals surface area (Å²) in [6.07, 6.45) is 5.92. The second kappa shape index (κ2) is 7.00. The second-order valence-electron chi connectivity index (χ2n) is 7.70. The van der Waals surface area contributed by atoms with E-state index in [0.717, 1.165) is 42.1 Å². The predicted molar refractivity (Wildman–Crippen MR) is 110 cm³/mol. The van der Waals surface area contributed by atoms with Crippen molar-refractivity contribution in [2.75, 3.05) is 25.9 Å². The first-order valence-corrected chi connectivity index (χ1v) is 9.75. The number of benzene rings is 1. The van der Waals surface area contributed by atoms with E-state index >= 15 is 0 Å². The lowest BCUT2D eigenvalue weighted by Gasteiger charge is -2.27. The summed E-state index contributed by atoms with van der Waals surface area (Å²) in [5.41, 5.74) is 12.9. The number of rotatable bonds is 3. The molecule has 1 unspecified atom stereocenters. The topological polar surface area (TPSA) is 86.4 Å². The third-order valence-corrected chi connectivity index (χ3v) is 5.62. The fourth-order valence-corrected chi connectivity index (χ4v) is 4.08. The Labute approximate surface area is 169 Å². The van der Waals surface area contributed by atoms with Crippen molar-refractivity contribution >= 4 is 5.82 Å². The van der Waals surface area contributed by atoms with Crippen molar-refractivity contribution in [3.8, 4) is 22.9 Å². The summed E-state index contributed by atoms with van der Waals surface area (Å²) in [6, 6.07) is 6.28. The molecule has 7 heteroatoms. The Morgan fingerprint density at radius 2 is 2.17 bits per heavy atom. The van der Waals surface area contributed by atoms with Crippen molar-refractivity contribution < 1.29 is 9.47 Å². The Bertz CT molecular complexity index is 1080. The van der Waals surface area contributed by atoms with Gasteiger partial charge in [0.1, 0.15) is 12.4 Å². The number of anilines is 1. The molecule has 2 aromatic heterocycles. The Balaban J connectivity index is 1.48. The van der Waals surface area contributed by atoms with Gasteiger partial charge in [-0.2, -0.15) is 0 Å². The van der Waals surface area contributed by atoms with E-state index in [4.69, 9.17) is 20.2 Å². The summed E-state index contributed by atoms with van der Waals surface area (Å²) in [4.78, 5) is 15.4. The van der Waals surface area contributed by atoms with E-state index in [0.29, 0.717) is 12.5 Å². The number of aryl methyl sites for hydroxylation is 1. The number of nitrogens with zero attached hydrogens (tertiary/aromatic N) is 4. The highest BCUT2D eigenvalue weighted by Crippen LogP contribution is 2.36. The van der Waals surface area contributed by atoms with Gasteiger partial charge in [-0.3, -0.25) is 4.98 Å². The highest BCUT2D eigenvalue weighted by Gasteiger charge is 2.27. The Morgan fingerprint density at radius 1 is 1.28 bits per heavy atom. The molecular formula is C22H23N5O2. The van der Waals surface area contributed by atoms with Crippen LogP contribution < -0.4 is 15.2 Å². The van der Waals surface area contributed by atoms with Gasteiger partial charge in [-0.15, -0.1) is 0 Å². The van der Waals surface area contributed by atoms with E-state index in [9.17, 15) is 0 Å². The van der Waals surface area contributed by atoms with Crippen LogP contribution in [0.3, 0.4) is 0 Å². The Hall–Kier alpha value is -3.19. The van der Waals surface area contributed by atoms with Crippen LogP contribution in [0.4, 0.5) is 5.82 Å². The summed E-state index contributed by atoms with van der Waals surface area (Å²) in [5, 5.41) is 0. The summed E-state index contributed by atoms with van der Waals surface area (Å²) in [7, 11) is 2.15. The number of nitrogens with two attached hydrogens (primary N) is 1. The number of nitrogen functional groups attached to an aromatic ring is 1. The van der Waals surface area contributed by atoms with Crippen molar-refractivity contribution in [3.05, 3.63) is 59.0 Å². The van der Waals surface area contributed by atoms with Crippen LogP contribution in [-0.2, 0) is 13.0 Å². The van der Waals surface area contributed by atoms with Crippen molar-refractivity contribution in [3.63, 3.8) is 0 Å². The smallest absolute Gasteiger partial charge is 0.258 e. The van der Waals surface area contributed by atoms with E-state index in [1.54, 1.807) is 18.6 Å². The third-order valence-electron chi connectivity index (χ3n) is 5.62. The molecule has 0 spiro atoms. The maximum atomic E-state index is 6.10. The predicted octanol–water partition coefficient (Wildman–Crippen LogP) is 2.93. The van der Waals surface area contributed by atoms with Gasteiger partial charge in [0, 0.05) is 30.4 Å². The molecule has 0 radical (unpaired) electrons. The lowest BCUT2D eigenvalue weighted by molar-refractivity contribution is 0.158. The van der Waals surface area contributed by atoms with Gasteiger partial charge < -0.3 is 20.1 Å². The van der Waals surface area contributed by atoms with Gasteiger partial charge in [0.05, 0.1) is 18.1 Å². The van der Waals surface area contributed by atoms with Crippen molar-refractivity contribution in [1.29, 1.82) is 0 Å². The minimum absolute atomic E-state index is 0.269. The van der Waals surface area contributed by atoms with Crippen LogP contribution in [-0.4, -0.2) is 40.1 Å². The molecule has 0 aliphatic carbocycles. The Kier molecular flexibility index (Phi) is 4.32. The molecule has 4 heterocycles. The molecule has 2 aliphatic heterocycles. The minimum Gasteiger partial charge on any atom is -0.487 e. The lowest BCUT2D eigenvalue weighted by atomic mass is 9.92. The van der Waals surface area contributed by atoms with Gasteiger partial charge >= 0.3 is 0 Å². The van der Waals surface area contributed by atoms with E-state index in [1.165, 1.54) is 16.7 Å². The van der Waals surface area contributed by atoms with Crippen LogP contribution in [0, 0.1) is 6.92 Å². The standard InChI is InChI=1S/C22H23N5O2/c1-13-7-14(8-15-11-27(2)6-4-16(13)15)18-9-25-21(23)22(26-18)29-20-12-28-19-10-24-5-3-17(19)20/h3,5,7-10,20H,4,6,11-12H2,1-2H3,(H2,23,25). The maximum Gasteiger partial charge on any atom is 0.258 e. The molecular weight excluding hydrogens is 366 g/mol. The van der Waals surface area contributed by atoms with Gasteiger partial charge in [0.2, 0.25) is 0 Å². The highest BCUT2D eigenvalue weighted by molar-refractivity contribution is 5.64. The summed E-state index contributed by atoms with van der Waals surface area (Å²) >= 11 is 0. The summed E-state index contributed by atoms with van der Waals surface area (Å²) in [5.74, 6) is 1.33. The van der Waals surface area contributed by atoms with Gasteiger partial charge in [-0.25, -0.2) is 9.97 Å². The zero-order valence-electron chi connectivity index (χ0n) is 16.6. The average Bonchev–Trinajstić information content (AvgIpc) is 3.12. The molecule has 0 fully saturated rings. The van der Waals surface area contributed by atoms with Crippen LogP contribution in [0.15, 0.2) is 36.8 Å². The van der Waals surface area contributed by atoms with Crippen molar-refractivity contribution in [2.45, 2.75) is 26.0 Å². The van der Waals surface area contributed by atoms with Crippen LogP contribution in [0.2, 0.25) is 0 Å². The number of likely N-dealkylation sites (N-methyl/N-ethyl adjacent to an activating group) is 1. The van der Waals surface area contributed by atoms with Crippen molar-refractivity contribution in [1.82, 2.24) is 19.9 Å². The first kappa shape index (κ1) is 17.9. The first-order valence-electron chi connectivity index (χ1n) is 9.75. The molecule has 0 amide bonds. The van der Waals surface area contributed by atoms with Gasteiger partial charge in [0.25, 0.3) is 5.88 Å². The quantitative estimate of drug-likeness (QED) is 0.737. The monoisotopic (exact) mass is 389 g/mol. The number of aromatic nitrogens is 3. The molecule has 0 saturated heterocycles. The normalized spacial score (nSPS) is 18.1. The number of hydrogen-bond donors (Lipinski definition) is 1. The van der Waals surface area contributed by atoms with Gasteiger partial charge in [-0.05, 0) is 55.3 Å². The van der Waals surface area contributed by atoms with Crippen LogP contribution in [0.25, 0.3) is 11.3 Å². The van der Waals surface area contributed by atoms with E-state index in [2.05, 4.69) is 41.0 Å². The average molecular weight is 389 g/mol.